The number of nitrogens with zero attached hydrogens (tertiary/aromatic N) is 3. The predicted molar refractivity (Wildman–Crippen MR) is 80.7 cm³/mol. The molecule has 0 aliphatic carbocycles. The normalized spacial score (nSPS) is 10.6. The van der Waals surface area contributed by atoms with Gasteiger partial charge in [-0.2, -0.15) is 5.10 Å². The number of hydrogen-bond donors (Lipinski definition) is 1. The quantitative estimate of drug-likeness (QED) is 0.746. The van der Waals surface area contributed by atoms with Crippen LogP contribution in [0.2, 0.25) is 5.02 Å². The summed E-state index contributed by atoms with van der Waals surface area (Å²) < 4.78 is 28.5. The fourth-order valence-electron chi connectivity index (χ4n) is 1.97. The Morgan fingerprint density at radius 1 is 1.09 bits per heavy atom. The molecule has 0 fully saturated rings. The maximum Gasteiger partial charge on any atom is 0.259 e. The lowest BCUT2D eigenvalue weighted by molar-refractivity contribution is 0.102. The van der Waals surface area contributed by atoms with Crippen LogP contribution < -0.4 is 5.32 Å². The van der Waals surface area contributed by atoms with E-state index in [0.29, 0.717) is 11.5 Å². The minimum absolute atomic E-state index is 0.320. The lowest BCUT2D eigenvalue weighted by atomic mass is 10.2. The maximum absolute atomic E-state index is 13.9. The number of carbonyl (C=O) groups is 1. The molecule has 8 heteroatoms. The minimum atomic E-state index is -1.11. The summed E-state index contributed by atoms with van der Waals surface area (Å²) in [6, 6.07) is 6.89. The van der Waals surface area contributed by atoms with Crippen molar-refractivity contribution in [1.29, 1.82) is 0 Å². The molecule has 0 spiro atoms. The molecule has 0 saturated heterocycles. The molecule has 1 aromatic carbocycles. The molecule has 2 heterocycles. The van der Waals surface area contributed by atoms with E-state index in [1.165, 1.54) is 10.9 Å². The molecule has 23 heavy (non-hydrogen) atoms. The van der Waals surface area contributed by atoms with Crippen molar-refractivity contribution >= 4 is 23.3 Å². The van der Waals surface area contributed by atoms with Crippen LogP contribution in [-0.2, 0) is 0 Å². The third-order valence-electron chi connectivity index (χ3n) is 3.07. The Balaban J connectivity index is 1.91. The zero-order valence-electron chi connectivity index (χ0n) is 11.5. The van der Waals surface area contributed by atoms with Crippen LogP contribution in [0.5, 0.6) is 0 Å². The van der Waals surface area contributed by atoms with E-state index in [4.69, 9.17) is 11.6 Å². The van der Waals surface area contributed by atoms with E-state index in [1.807, 2.05) is 0 Å². The standard InChI is InChI=1S/C15H9ClF2N4O/c16-13-11(17)2-1-10(14(13)18)15(23)21-12-5-8-20-22(12)9-3-6-19-7-4-9/h1-8H,(H,21,23). The second kappa shape index (κ2) is 6.13. The fourth-order valence-corrected chi connectivity index (χ4v) is 2.14. The summed E-state index contributed by atoms with van der Waals surface area (Å²) in [5, 5.41) is 5.87. The van der Waals surface area contributed by atoms with Gasteiger partial charge >= 0.3 is 0 Å². The largest absolute Gasteiger partial charge is 0.306 e. The molecule has 2 aromatic heterocycles. The van der Waals surface area contributed by atoms with Crippen molar-refractivity contribution in [3.63, 3.8) is 0 Å². The lowest BCUT2D eigenvalue weighted by Crippen LogP contribution is -2.17. The van der Waals surface area contributed by atoms with Crippen LogP contribution in [0, 0.1) is 11.6 Å². The predicted octanol–water partition coefficient (Wildman–Crippen LogP) is 3.45. The molecule has 0 saturated carbocycles. The van der Waals surface area contributed by atoms with E-state index >= 15 is 0 Å². The third-order valence-corrected chi connectivity index (χ3v) is 3.42. The molecule has 1 amide bonds. The molecule has 1 N–H and O–H groups in total. The van der Waals surface area contributed by atoms with Crippen molar-refractivity contribution in [2.24, 2.45) is 0 Å². The first-order chi connectivity index (χ1) is 11.1. The summed E-state index contributed by atoms with van der Waals surface area (Å²) in [6.07, 6.45) is 4.62. The SMILES string of the molecule is O=C(Nc1ccnn1-c1ccncc1)c1ccc(F)c(Cl)c1F. The highest BCUT2D eigenvalue weighted by atomic mass is 35.5. The Kier molecular flexibility index (Phi) is 4.03. The van der Waals surface area contributed by atoms with Gasteiger partial charge in [-0.15, -0.1) is 0 Å². The number of benzene rings is 1. The summed E-state index contributed by atoms with van der Waals surface area (Å²) in [6.45, 7) is 0. The van der Waals surface area contributed by atoms with Crippen LogP contribution in [0.1, 0.15) is 10.4 Å². The van der Waals surface area contributed by atoms with Crippen LogP contribution in [0.25, 0.3) is 5.69 Å². The molecule has 3 aromatic rings. The number of aromatic nitrogens is 3. The average Bonchev–Trinajstić information content (AvgIpc) is 3.01. The molecule has 0 radical (unpaired) electrons. The number of pyridine rings is 1. The van der Waals surface area contributed by atoms with Crippen molar-refractivity contribution in [1.82, 2.24) is 14.8 Å². The second-order valence-electron chi connectivity index (χ2n) is 4.51. The average molecular weight is 335 g/mol. The van der Waals surface area contributed by atoms with Gasteiger partial charge in [-0.05, 0) is 24.3 Å². The number of carbonyl (C=O) groups excluding carboxylic acids is 1. The highest BCUT2D eigenvalue weighted by Gasteiger charge is 2.18. The number of amides is 1. The van der Waals surface area contributed by atoms with E-state index in [9.17, 15) is 13.6 Å². The monoisotopic (exact) mass is 334 g/mol. The second-order valence-corrected chi connectivity index (χ2v) is 4.89. The number of rotatable bonds is 3. The lowest BCUT2D eigenvalue weighted by Gasteiger charge is -2.10. The van der Waals surface area contributed by atoms with Crippen molar-refractivity contribution in [3.8, 4) is 5.69 Å². The smallest absolute Gasteiger partial charge is 0.259 e. The Morgan fingerprint density at radius 2 is 1.83 bits per heavy atom. The van der Waals surface area contributed by atoms with Crippen LogP contribution in [0.4, 0.5) is 14.6 Å². The summed E-state index contributed by atoms with van der Waals surface area (Å²) in [7, 11) is 0. The topological polar surface area (TPSA) is 59.8 Å². The Morgan fingerprint density at radius 3 is 2.57 bits per heavy atom. The van der Waals surface area contributed by atoms with Gasteiger partial charge in [0.25, 0.3) is 5.91 Å². The number of halogens is 3. The molecule has 0 aliphatic heterocycles. The fraction of sp³-hybridized carbons (Fsp3) is 0. The zero-order chi connectivity index (χ0) is 16.4. The number of anilines is 1. The molecular formula is C15H9ClF2N4O. The van der Waals surface area contributed by atoms with Gasteiger partial charge in [0, 0.05) is 18.5 Å². The molecule has 5 nitrogen and oxygen atoms in total. The maximum atomic E-state index is 13.9. The van der Waals surface area contributed by atoms with E-state index in [2.05, 4.69) is 15.4 Å². The minimum Gasteiger partial charge on any atom is -0.306 e. The number of nitrogens with one attached hydrogen (secondary N) is 1. The molecule has 0 atom stereocenters. The summed E-state index contributed by atoms with van der Waals surface area (Å²) in [5.41, 5.74) is 0.303. The molecule has 3 rings (SSSR count). The molecule has 0 aliphatic rings. The van der Waals surface area contributed by atoms with Crippen molar-refractivity contribution in [2.75, 3.05) is 5.32 Å². The van der Waals surface area contributed by atoms with Crippen molar-refractivity contribution in [3.05, 3.63) is 71.1 Å². The Bertz CT molecular complexity index is 867. The van der Waals surface area contributed by atoms with E-state index in [-0.39, 0.29) is 5.56 Å². The third kappa shape index (κ3) is 2.91. The first-order valence-corrected chi connectivity index (χ1v) is 6.85. The number of hydrogen-bond acceptors (Lipinski definition) is 3. The Labute approximate surface area is 134 Å². The zero-order valence-corrected chi connectivity index (χ0v) is 12.3. The first-order valence-electron chi connectivity index (χ1n) is 6.47. The van der Waals surface area contributed by atoms with Gasteiger partial charge < -0.3 is 5.32 Å². The highest BCUT2D eigenvalue weighted by Crippen LogP contribution is 2.23. The highest BCUT2D eigenvalue weighted by molar-refractivity contribution is 6.31. The summed E-state index contributed by atoms with van der Waals surface area (Å²) in [4.78, 5) is 16.1. The van der Waals surface area contributed by atoms with Crippen molar-refractivity contribution < 1.29 is 13.6 Å². The van der Waals surface area contributed by atoms with E-state index < -0.39 is 22.6 Å². The van der Waals surface area contributed by atoms with E-state index in [1.54, 1.807) is 30.6 Å². The summed E-state index contributed by atoms with van der Waals surface area (Å²) in [5.74, 6) is -2.48. The van der Waals surface area contributed by atoms with Crippen molar-refractivity contribution in [2.45, 2.75) is 0 Å². The van der Waals surface area contributed by atoms with Gasteiger partial charge in [-0.1, -0.05) is 11.6 Å². The van der Waals surface area contributed by atoms with Crippen LogP contribution >= 0.6 is 11.6 Å². The van der Waals surface area contributed by atoms with Crippen LogP contribution in [0.15, 0.2) is 48.9 Å². The van der Waals surface area contributed by atoms with Gasteiger partial charge in [-0.3, -0.25) is 9.78 Å². The van der Waals surface area contributed by atoms with Crippen LogP contribution in [0.3, 0.4) is 0 Å². The molecule has 116 valence electrons. The van der Waals surface area contributed by atoms with Gasteiger partial charge in [0.1, 0.15) is 16.7 Å². The van der Waals surface area contributed by atoms with Gasteiger partial charge in [0.05, 0.1) is 17.4 Å². The molecule has 0 bridgehead atoms. The van der Waals surface area contributed by atoms with Gasteiger partial charge in [0.2, 0.25) is 0 Å². The summed E-state index contributed by atoms with van der Waals surface area (Å²) >= 11 is 5.48. The molecular weight excluding hydrogens is 326 g/mol. The Hall–Kier alpha value is -2.80. The van der Waals surface area contributed by atoms with Crippen LogP contribution in [-0.4, -0.2) is 20.7 Å². The first kappa shape index (κ1) is 15.1. The van der Waals surface area contributed by atoms with Gasteiger partial charge in [0.15, 0.2) is 5.82 Å². The van der Waals surface area contributed by atoms with Gasteiger partial charge in [-0.25, -0.2) is 13.5 Å². The molecule has 0 unspecified atom stereocenters. The van der Waals surface area contributed by atoms with E-state index in [0.717, 1.165) is 12.1 Å².